The third-order valence-corrected chi connectivity index (χ3v) is 6.20. The number of halogens is 2. The van der Waals surface area contributed by atoms with Crippen LogP contribution in [-0.2, 0) is 4.79 Å². The Morgan fingerprint density at radius 1 is 1.36 bits per heavy atom. The van der Waals surface area contributed by atoms with Gasteiger partial charge in [0, 0.05) is 18.8 Å². The van der Waals surface area contributed by atoms with E-state index < -0.39 is 5.82 Å². The minimum atomic E-state index is -0.504. The van der Waals surface area contributed by atoms with Gasteiger partial charge in [0.25, 0.3) is 0 Å². The van der Waals surface area contributed by atoms with Crippen molar-refractivity contribution in [2.45, 2.75) is 12.8 Å². The molecule has 28 heavy (non-hydrogen) atoms. The lowest BCUT2D eigenvalue weighted by Crippen LogP contribution is -2.40. The van der Waals surface area contributed by atoms with Crippen LogP contribution in [0.4, 0.5) is 15.2 Å². The zero-order valence-electron chi connectivity index (χ0n) is 15.2. The number of rotatable bonds is 4. The van der Waals surface area contributed by atoms with Crippen molar-refractivity contribution in [3.8, 4) is 5.75 Å². The molecular formula is C20H19ClFN3O2S. The van der Waals surface area contributed by atoms with Crippen molar-refractivity contribution in [3.63, 3.8) is 0 Å². The quantitative estimate of drug-likeness (QED) is 0.649. The Morgan fingerprint density at radius 2 is 2.21 bits per heavy atom. The normalized spacial score (nSPS) is 17.0. The first-order chi connectivity index (χ1) is 13.5. The third-order valence-electron chi connectivity index (χ3n) is 4.83. The zero-order valence-corrected chi connectivity index (χ0v) is 16.8. The number of fused-ring (bicyclic) bond motifs is 1. The van der Waals surface area contributed by atoms with Gasteiger partial charge in [0.1, 0.15) is 11.6 Å². The fraction of sp³-hybridized carbons (Fsp3) is 0.300. The molecule has 0 spiro atoms. The van der Waals surface area contributed by atoms with Crippen LogP contribution in [0.2, 0.25) is 5.02 Å². The van der Waals surface area contributed by atoms with Gasteiger partial charge < -0.3 is 15.0 Å². The summed E-state index contributed by atoms with van der Waals surface area (Å²) < 4.78 is 19.6. The monoisotopic (exact) mass is 419 g/mol. The van der Waals surface area contributed by atoms with E-state index in [0.29, 0.717) is 12.2 Å². The second-order valence-corrected chi connectivity index (χ2v) is 8.15. The van der Waals surface area contributed by atoms with Crippen LogP contribution in [0.3, 0.4) is 0 Å². The molecule has 3 aromatic rings. The molecule has 0 bridgehead atoms. The summed E-state index contributed by atoms with van der Waals surface area (Å²) in [5, 5.41) is 3.74. The molecule has 1 saturated heterocycles. The molecule has 2 aromatic carbocycles. The van der Waals surface area contributed by atoms with Crippen LogP contribution in [0.1, 0.15) is 12.8 Å². The molecule has 0 saturated carbocycles. The van der Waals surface area contributed by atoms with E-state index >= 15 is 0 Å². The fourth-order valence-electron chi connectivity index (χ4n) is 3.34. The number of anilines is 2. The zero-order chi connectivity index (χ0) is 19.7. The van der Waals surface area contributed by atoms with Crippen molar-refractivity contribution < 1.29 is 13.9 Å². The van der Waals surface area contributed by atoms with E-state index in [9.17, 15) is 9.18 Å². The number of hydrogen-bond donors (Lipinski definition) is 1. The number of methoxy groups -OCH3 is 1. The highest BCUT2D eigenvalue weighted by atomic mass is 35.5. The summed E-state index contributed by atoms with van der Waals surface area (Å²) >= 11 is 7.39. The van der Waals surface area contributed by atoms with Crippen LogP contribution < -0.4 is 15.0 Å². The summed E-state index contributed by atoms with van der Waals surface area (Å²) in [6.45, 7) is 1.46. The van der Waals surface area contributed by atoms with E-state index in [0.717, 1.165) is 40.5 Å². The molecule has 1 aliphatic heterocycles. The van der Waals surface area contributed by atoms with Crippen LogP contribution in [0.15, 0.2) is 36.4 Å². The van der Waals surface area contributed by atoms with Crippen LogP contribution in [0.5, 0.6) is 5.75 Å². The molecule has 146 valence electrons. The highest BCUT2D eigenvalue weighted by Gasteiger charge is 2.27. The summed E-state index contributed by atoms with van der Waals surface area (Å²) in [6, 6.07) is 10.0. The van der Waals surface area contributed by atoms with Gasteiger partial charge in [0.15, 0.2) is 5.13 Å². The van der Waals surface area contributed by atoms with Crippen molar-refractivity contribution in [3.05, 3.63) is 47.2 Å². The van der Waals surface area contributed by atoms with E-state index in [1.165, 1.54) is 18.2 Å². The van der Waals surface area contributed by atoms with Gasteiger partial charge in [-0.15, -0.1) is 0 Å². The Morgan fingerprint density at radius 3 is 3.00 bits per heavy atom. The number of ether oxygens (including phenoxy) is 1. The Hall–Kier alpha value is -2.38. The number of thiazole rings is 1. The van der Waals surface area contributed by atoms with Gasteiger partial charge in [-0.3, -0.25) is 4.79 Å². The second-order valence-electron chi connectivity index (χ2n) is 6.73. The Bertz CT molecular complexity index is 1030. The number of benzene rings is 2. The highest BCUT2D eigenvalue weighted by molar-refractivity contribution is 7.22. The molecule has 1 unspecified atom stereocenters. The molecule has 0 aliphatic carbocycles. The van der Waals surface area contributed by atoms with Crippen molar-refractivity contribution in [1.29, 1.82) is 0 Å². The molecule has 8 heteroatoms. The topological polar surface area (TPSA) is 54.5 Å². The molecule has 5 nitrogen and oxygen atoms in total. The second kappa shape index (κ2) is 7.93. The maximum atomic E-state index is 13.3. The summed E-state index contributed by atoms with van der Waals surface area (Å²) in [4.78, 5) is 19.6. The number of piperidine rings is 1. The van der Waals surface area contributed by atoms with E-state index in [4.69, 9.17) is 21.3 Å². The molecule has 4 rings (SSSR count). The summed E-state index contributed by atoms with van der Waals surface area (Å²) in [5.74, 6) is 0.0433. The van der Waals surface area contributed by atoms with Gasteiger partial charge in [0.2, 0.25) is 5.91 Å². The SMILES string of the molecule is COc1ccc2nc(N3CCCC(C(=O)Nc4ccc(F)c(Cl)c4)C3)sc2c1. The van der Waals surface area contributed by atoms with E-state index in [-0.39, 0.29) is 16.8 Å². The number of aromatic nitrogens is 1. The Balaban J connectivity index is 1.47. The maximum absolute atomic E-state index is 13.3. The van der Waals surface area contributed by atoms with Gasteiger partial charge in [-0.1, -0.05) is 22.9 Å². The third kappa shape index (κ3) is 3.91. The average Bonchev–Trinajstić information content (AvgIpc) is 3.14. The van der Waals surface area contributed by atoms with Gasteiger partial charge in [-0.2, -0.15) is 0 Å². The van der Waals surface area contributed by atoms with Crippen LogP contribution in [0, 0.1) is 11.7 Å². The summed E-state index contributed by atoms with van der Waals surface area (Å²) in [7, 11) is 1.64. The molecule has 2 heterocycles. The van der Waals surface area contributed by atoms with Gasteiger partial charge >= 0.3 is 0 Å². The molecular weight excluding hydrogens is 401 g/mol. The Kier molecular flexibility index (Phi) is 5.37. The lowest BCUT2D eigenvalue weighted by atomic mass is 9.97. The lowest BCUT2D eigenvalue weighted by molar-refractivity contribution is -0.120. The summed E-state index contributed by atoms with van der Waals surface area (Å²) in [6.07, 6.45) is 1.71. The largest absolute Gasteiger partial charge is 0.497 e. The van der Waals surface area contributed by atoms with Gasteiger partial charge in [0.05, 0.1) is 28.3 Å². The lowest BCUT2D eigenvalue weighted by Gasteiger charge is -2.31. The minimum absolute atomic E-state index is 0.00651. The van der Waals surface area contributed by atoms with E-state index in [1.54, 1.807) is 18.4 Å². The molecule has 1 atom stereocenters. The maximum Gasteiger partial charge on any atom is 0.229 e. The minimum Gasteiger partial charge on any atom is -0.497 e. The first-order valence-corrected chi connectivity index (χ1v) is 10.2. The molecule has 1 aliphatic rings. The average molecular weight is 420 g/mol. The number of nitrogens with zero attached hydrogens (tertiary/aromatic N) is 2. The van der Waals surface area contributed by atoms with Crippen LogP contribution in [0.25, 0.3) is 10.2 Å². The van der Waals surface area contributed by atoms with Crippen molar-refractivity contribution in [1.82, 2.24) is 4.98 Å². The van der Waals surface area contributed by atoms with Crippen LogP contribution >= 0.6 is 22.9 Å². The molecule has 1 amide bonds. The van der Waals surface area contributed by atoms with E-state index in [2.05, 4.69) is 10.2 Å². The predicted molar refractivity (Wildman–Crippen MR) is 111 cm³/mol. The summed E-state index contributed by atoms with van der Waals surface area (Å²) in [5.41, 5.74) is 1.42. The number of nitrogens with one attached hydrogen (secondary N) is 1. The number of amides is 1. The predicted octanol–water partition coefficient (Wildman–Crippen LogP) is 4.95. The Labute approximate surface area is 171 Å². The van der Waals surface area contributed by atoms with Crippen molar-refractivity contribution >= 4 is 49.9 Å². The molecule has 1 aromatic heterocycles. The standard InChI is InChI=1S/C20H19ClFN3O2S/c1-27-14-5-7-17-18(10-14)28-20(24-17)25-8-2-3-12(11-25)19(26)23-13-4-6-16(22)15(21)9-13/h4-7,9-10,12H,2-3,8,11H2,1H3,(H,23,26). The van der Waals surface area contributed by atoms with Crippen molar-refractivity contribution in [2.24, 2.45) is 5.92 Å². The van der Waals surface area contributed by atoms with Crippen LogP contribution in [-0.4, -0.2) is 31.1 Å². The molecule has 1 N–H and O–H groups in total. The first-order valence-electron chi connectivity index (χ1n) is 8.99. The van der Waals surface area contributed by atoms with Crippen molar-refractivity contribution in [2.75, 3.05) is 30.4 Å². The molecule has 1 fully saturated rings. The smallest absolute Gasteiger partial charge is 0.229 e. The number of carbonyl (C=O) groups is 1. The van der Waals surface area contributed by atoms with Gasteiger partial charge in [-0.25, -0.2) is 9.37 Å². The van der Waals surface area contributed by atoms with E-state index in [1.807, 2.05) is 18.2 Å². The first kappa shape index (κ1) is 19.0. The number of hydrogen-bond acceptors (Lipinski definition) is 5. The fourth-order valence-corrected chi connectivity index (χ4v) is 4.55. The number of carbonyl (C=O) groups excluding carboxylic acids is 1. The van der Waals surface area contributed by atoms with Gasteiger partial charge in [-0.05, 0) is 49.2 Å². The molecule has 0 radical (unpaired) electrons. The highest BCUT2D eigenvalue weighted by Crippen LogP contribution is 2.33.